The first kappa shape index (κ1) is 14.1. The van der Waals surface area contributed by atoms with Gasteiger partial charge in [0.25, 0.3) is 5.82 Å². The van der Waals surface area contributed by atoms with Crippen LogP contribution in [0.15, 0.2) is 12.1 Å². The third-order valence-electron chi connectivity index (χ3n) is 3.59. The first-order valence-electron chi connectivity index (χ1n) is 6.60. The number of fused-ring (bicyclic) bond motifs is 1. The van der Waals surface area contributed by atoms with Crippen molar-refractivity contribution in [3.63, 3.8) is 0 Å². The zero-order chi connectivity index (χ0) is 15.0. The van der Waals surface area contributed by atoms with Crippen LogP contribution in [0.3, 0.4) is 0 Å². The molecule has 6 nitrogen and oxygen atoms in total. The Balaban J connectivity index is 1.80. The molecule has 0 radical (unpaired) electrons. The maximum absolute atomic E-state index is 12.8. The van der Waals surface area contributed by atoms with Crippen LogP contribution in [0.5, 0.6) is 0 Å². The predicted octanol–water partition coefficient (Wildman–Crippen LogP) is 1.98. The van der Waals surface area contributed by atoms with Crippen molar-refractivity contribution < 1.29 is 17.9 Å². The summed E-state index contributed by atoms with van der Waals surface area (Å²) in [7, 11) is 0. The van der Waals surface area contributed by atoms with Crippen molar-refractivity contribution in [2.75, 3.05) is 18.5 Å². The summed E-state index contributed by atoms with van der Waals surface area (Å²) < 4.78 is 44.4. The first-order valence-corrected chi connectivity index (χ1v) is 6.60. The number of halogens is 3. The number of anilines is 1. The minimum Gasteiger partial charge on any atom is -0.378 e. The average molecular weight is 301 g/mol. The van der Waals surface area contributed by atoms with Gasteiger partial charge in [-0.2, -0.15) is 17.7 Å². The van der Waals surface area contributed by atoms with Gasteiger partial charge in [0.2, 0.25) is 0 Å². The highest BCUT2D eigenvalue weighted by Gasteiger charge is 2.37. The molecule has 114 valence electrons. The fourth-order valence-electron chi connectivity index (χ4n) is 2.34. The van der Waals surface area contributed by atoms with Gasteiger partial charge in [0.15, 0.2) is 5.65 Å². The summed E-state index contributed by atoms with van der Waals surface area (Å²) in [4.78, 5) is 0. The Morgan fingerprint density at radius 1 is 1.38 bits per heavy atom. The molecule has 1 N–H and O–H groups in total. The monoisotopic (exact) mass is 301 g/mol. The molecular weight excluding hydrogens is 287 g/mol. The number of nitrogens with zero attached hydrogens (tertiary/aromatic N) is 4. The summed E-state index contributed by atoms with van der Waals surface area (Å²) in [5.74, 6) is -0.448. The van der Waals surface area contributed by atoms with Crippen LogP contribution in [0.1, 0.15) is 19.2 Å². The van der Waals surface area contributed by atoms with E-state index in [4.69, 9.17) is 4.74 Å². The molecule has 0 amide bonds. The molecular formula is C12H14F3N5O. The van der Waals surface area contributed by atoms with E-state index in [2.05, 4.69) is 20.6 Å². The molecule has 3 rings (SSSR count). The third kappa shape index (κ3) is 2.78. The van der Waals surface area contributed by atoms with Crippen LogP contribution in [-0.4, -0.2) is 39.1 Å². The molecule has 21 heavy (non-hydrogen) atoms. The molecule has 1 saturated heterocycles. The lowest BCUT2D eigenvalue weighted by Crippen LogP contribution is -2.21. The number of aromatic nitrogens is 4. The van der Waals surface area contributed by atoms with Crippen molar-refractivity contribution in [1.82, 2.24) is 19.8 Å². The SMILES string of the molecule is CC1OCCC1CNc1ccc2nnc(C(F)(F)F)n2n1. The van der Waals surface area contributed by atoms with E-state index in [0.717, 1.165) is 6.42 Å². The van der Waals surface area contributed by atoms with Crippen LogP contribution >= 0.6 is 0 Å². The van der Waals surface area contributed by atoms with Crippen molar-refractivity contribution >= 4 is 11.5 Å². The van der Waals surface area contributed by atoms with Gasteiger partial charge in [0, 0.05) is 19.1 Å². The van der Waals surface area contributed by atoms with E-state index in [0.29, 0.717) is 29.4 Å². The predicted molar refractivity (Wildman–Crippen MR) is 67.8 cm³/mol. The molecule has 0 bridgehead atoms. The Bertz CT molecular complexity index is 641. The number of hydrogen-bond donors (Lipinski definition) is 1. The Kier molecular flexibility index (Phi) is 3.44. The lowest BCUT2D eigenvalue weighted by atomic mass is 10.0. The van der Waals surface area contributed by atoms with Crippen LogP contribution in [-0.2, 0) is 10.9 Å². The lowest BCUT2D eigenvalue weighted by Gasteiger charge is -2.15. The van der Waals surface area contributed by atoms with Gasteiger partial charge in [-0.05, 0) is 25.5 Å². The summed E-state index contributed by atoms with van der Waals surface area (Å²) in [6, 6.07) is 3.04. The zero-order valence-electron chi connectivity index (χ0n) is 11.3. The summed E-state index contributed by atoms with van der Waals surface area (Å²) in [6.07, 6.45) is -3.52. The molecule has 2 aromatic rings. The summed E-state index contributed by atoms with van der Waals surface area (Å²) >= 11 is 0. The Labute approximate surface area is 118 Å². The van der Waals surface area contributed by atoms with Gasteiger partial charge < -0.3 is 10.1 Å². The summed E-state index contributed by atoms with van der Waals surface area (Å²) in [5, 5.41) is 13.5. The maximum Gasteiger partial charge on any atom is 0.453 e. The summed E-state index contributed by atoms with van der Waals surface area (Å²) in [5.41, 5.74) is 0.0606. The van der Waals surface area contributed by atoms with E-state index in [1.807, 2.05) is 6.92 Å². The van der Waals surface area contributed by atoms with Crippen molar-refractivity contribution in [3.05, 3.63) is 18.0 Å². The minimum atomic E-state index is -4.58. The second-order valence-corrected chi connectivity index (χ2v) is 5.02. The molecule has 9 heteroatoms. The highest BCUT2D eigenvalue weighted by Crippen LogP contribution is 2.27. The van der Waals surface area contributed by atoms with Gasteiger partial charge in [-0.1, -0.05) is 0 Å². The standard InChI is InChI=1S/C12H14F3N5O/c1-7-8(4-5-21-7)6-16-9-2-3-10-17-18-11(12(13,14)15)20(10)19-9/h2-3,7-8H,4-6H2,1H3,(H,16,19). The lowest BCUT2D eigenvalue weighted by molar-refractivity contribution is -0.146. The van der Waals surface area contributed by atoms with Gasteiger partial charge >= 0.3 is 6.18 Å². The summed E-state index contributed by atoms with van der Waals surface area (Å²) in [6.45, 7) is 3.30. The molecule has 1 aliphatic rings. The van der Waals surface area contributed by atoms with E-state index in [-0.39, 0.29) is 11.8 Å². The number of rotatable bonds is 3. The Hall–Kier alpha value is -1.90. The van der Waals surface area contributed by atoms with Crippen molar-refractivity contribution in [2.24, 2.45) is 5.92 Å². The smallest absolute Gasteiger partial charge is 0.378 e. The zero-order valence-corrected chi connectivity index (χ0v) is 11.3. The van der Waals surface area contributed by atoms with Crippen LogP contribution in [0.4, 0.5) is 19.0 Å². The molecule has 1 aliphatic heterocycles. The fourth-order valence-corrected chi connectivity index (χ4v) is 2.34. The molecule has 0 spiro atoms. The van der Waals surface area contributed by atoms with E-state index in [1.54, 1.807) is 6.07 Å². The van der Waals surface area contributed by atoms with Crippen LogP contribution in [0.2, 0.25) is 0 Å². The number of alkyl halides is 3. The number of ether oxygens (including phenoxy) is 1. The number of nitrogens with one attached hydrogen (secondary N) is 1. The van der Waals surface area contributed by atoms with Crippen molar-refractivity contribution in [3.8, 4) is 0 Å². The fraction of sp³-hybridized carbons (Fsp3) is 0.583. The molecule has 0 aromatic carbocycles. The van der Waals surface area contributed by atoms with Gasteiger partial charge in [0.1, 0.15) is 5.82 Å². The number of hydrogen-bond acceptors (Lipinski definition) is 5. The van der Waals surface area contributed by atoms with Gasteiger partial charge in [-0.3, -0.25) is 0 Å². The van der Waals surface area contributed by atoms with Gasteiger partial charge in [-0.15, -0.1) is 15.3 Å². The largest absolute Gasteiger partial charge is 0.453 e. The van der Waals surface area contributed by atoms with E-state index in [1.165, 1.54) is 6.07 Å². The highest BCUT2D eigenvalue weighted by molar-refractivity contribution is 5.44. The van der Waals surface area contributed by atoms with E-state index < -0.39 is 12.0 Å². The molecule has 1 fully saturated rings. The minimum absolute atomic E-state index is 0.0606. The van der Waals surface area contributed by atoms with Crippen LogP contribution in [0.25, 0.3) is 5.65 Å². The highest BCUT2D eigenvalue weighted by atomic mass is 19.4. The van der Waals surface area contributed by atoms with Crippen molar-refractivity contribution in [2.45, 2.75) is 25.6 Å². The normalized spacial score (nSPS) is 22.9. The molecule has 0 saturated carbocycles. The molecule has 0 aliphatic carbocycles. The molecule has 2 atom stereocenters. The van der Waals surface area contributed by atoms with Crippen LogP contribution in [0, 0.1) is 5.92 Å². The molecule has 2 aromatic heterocycles. The second-order valence-electron chi connectivity index (χ2n) is 5.02. The van der Waals surface area contributed by atoms with E-state index >= 15 is 0 Å². The quantitative estimate of drug-likeness (QED) is 0.939. The Morgan fingerprint density at radius 3 is 2.86 bits per heavy atom. The first-order chi connectivity index (χ1) is 9.95. The van der Waals surface area contributed by atoms with E-state index in [9.17, 15) is 13.2 Å². The van der Waals surface area contributed by atoms with Gasteiger partial charge in [-0.25, -0.2) is 0 Å². The maximum atomic E-state index is 12.8. The molecule has 3 heterocycles. The molecule has 2 unspecified atom stereocenters. The topological polar surface area (TPSA) is 64.3 Å². The van der Waals surface area contributed by atoms with Crippen molar-refractivity contribution in [1.29, 1.82) is 0 Å². The van der Waals surface area contributed by atoms with Crippen LogP contribution < -0.4 is 5.32 Å². The second kappa shape index (κ2) is 5.14. The van der Waals surface area contributed by atoms with Gasteiger partial charge in [0.05, 0.1) is 6.10 Å². The average Bonchev–Trinajstić information content (AvgIpc) is 3.01. The third-order valence-corrected chi connectivity index (χ3v) is 3.59. The Morgan fingerprint density at radius 2 is 2.19 bits per heavy atom.